The van der Waals surface area contributed by atoms with Gasteiger partial charge in [-0.15, -0.1) is 0 Å². The van der Waals surface area contributed by atoms with Gasteiger partial charge in [0.1, 0.15) is 25.6 Å². The lowest BCUT2D eigenvalue weighted by atomic mass is 9.19. The Balaban J connectivity index is 0.000000322. The summed E-state index contributed by atoms with van der Waals surface area (Å²) in [6.45, 7) is 5.47. The molecule has 12 atom stereocenters. The Morgan fingerprint density at radius 3 is 1.30 bits per heavy atom. The van der Waals surface area contributed by atoms with Crippen LogP contribution in [0, 0.1) is 46.3 Å². The standard InChI is InChI=1S/C36H40N2O2.2BF4/c1-35-31-19-13-20(28-24-16-38(4)12-10-18(24)17-9-11-37(3)15-23(17)27(19)28)32(31)36(35,2)34-22-14-21(33(34)35)29-25(39-5)7-8-26(40-6)30(22)29;2*2-1(3,4)5/h7-12,15-16,19-22,27-28,31-34H,13-14H2,1-6H3;;/q+2;2*-1/t19-,20+,21+,22-,27-,28+,31-,32+,33+,34-,35-,36+;;. The number of aryl methyl sites for hydroxylation is 2. The number of methoxy groups -OCH3 is 2. The molecule has 5 fully saturated rings. The maximum Gasteiger partial charge on any atom is 0.673 e. The highest BCUT2D eigenvalue weighted by molar-refractivity contribution is 6.50. The first kappa shape index (κ1) is 33.8. The summed E-state index contributed by atoms with van der Waals surface area (Å²) < 4.78 is 94.6. The molecule has 4 bridgehead atoms. The second-order valence-corrected chi connectivity index (χ2v) is 16.0. The first-order chi connectivity index (χ1) is 23.3. The molecule has 268 valence electrons. The van der Waals surface area contributed by atoms with Gasteiger partial charge in [-0.25, -0.2) is 9.13 Å². The highest BCUT2D eigenvalue weighted by Gasteiger charge is 2.90. The number of fused-ring (bicyclic) bond motifs is 26. The van der Waals surface area contributed by atoms with Crippen molar-refractivity contribution in [3.05, 3.63) is 71.3 Å². The number of halogens is 8. The van der Waals surface area contributed by atoms with Gasteiger partial charge in [0.25, 0.3) is 0 Å². The van der Waals surface area contributed by atoms with E-state index in [2.05, 4.69) is 86.1 Å². The molecule has 1 aromatic carbocycles. The van der Waals surface area contributed by atoms with Crippen LogP contribution in [0.5, 0.6) is 11.5 Å². The molecular weight excluding hydrogens is 666 g/mol. The van der Waals surface area contributed by atoms with Gasteiger partial charge in [-0.3, -0.25) is 0 Å². The summed E-state index contributed by atoms with van der Waals surface area (Å²) in [5.41, 5.74) is 10.1. The number of hydrogen-bond donors (Lipinski definition) is 0. The molecule has 0 amide bonds. The first-order valence-corrected chi connectivity index (χ1v) is 17.3. The minimum atomic E-state index is -6.00. The van der Waals surface area contributed by atoms with E-state index in [0.29, 0.717) is 34.5 Å². The first-order valence-electron chi connectivity index (χ1n) is 17.3. The third-order valence-electron chi connectivity index (χ3n) is 14.5. The molecule has 7 aliphatic carbocycles. The Morgan fingerprint density at radius 2 is 0.960 bits per heavy atom. The lowest BCUT2D eigenvalue weighted by molar-refractivity contribution is -0.672. The number of pyridine rings is 2. The summed E-state index contributed by atoms with van der Waals surface area (Å²) in [6, 6.07) is 9.12. The Labute approximate surface area is 286 Å². The molecule has 0 N–H and O–H groups in total. The van der Waals surface area contributed by atoms with Crippen LogP contribution in [0.4, 0.5) is 34.5 Å². The Kier molecular flexibility index (Phi) is 7.18. The normalized spacial score (nSPS) is 38.2. The topological polar surface area (TPSA) is 26.2 Å². The summed E-state index contributed by atoms with van der Waals surface area (Å²) in [5.74, 6) is 9.62. The molecule has 7 aliphatic rings. The van der Waals surface area contributed by atoms with Crippen LogP contribution in [0.25, 0.3) is 11.1 Å². The largest absolute Gasteiger partial charge is 0.673 e. The van der Waals surface area contributed by atoms with Crippen molar-refractivity contribution in [2.24, 2.45) is 60.4 Å². The average molecular weight is 706 g/mol. The van der Waals surface area contributed by atoms with Gasteiger partial charge in [-0.2, -0.15) is 0 Å². The second-order valence-electron chi connectivity index (χ2n) is 16.0. The van der Waals surface area contributed by atoms with Crippen molar-refractivity contribution >= 4 is 14.5 Å². The molecule has 50 heavy (non-hydrogen) atoms. The van der Waals surface area contributed by atoms with E-state index in [4.69, 9.17) is 9.47 Å². The fourth-order valence-electron chi connectivity index (χ4n) is 13.8. The molecule has 0 spiro atoms. The molecular formula is C36H40B2F8N2O2. The summed E-state index contributed by atoms with van der Waals surface area (Å²) in [5, 5.41) is 0. The third-order valence-corrected chi connectivity index (χ3v) is 14.5. The van der Waals surface area contributed by atoms with Gasteiger partial charge in [0, 0.05) is 46.2 Å². The quantitative estimate of drug-likeness (QED) is 0.0883. The van der Waals surface area contributed by atoms with E-state index in [1.165, 1.54) is 35.1 Å². The molecule has 0 unspecified atom stereocenters. The van der Waals surface area contributed by atoms with E-state index >= 15 is 0 Å². The van der Waals surface area contributed by atoms with Crippen LogP contribution in [0.1, 0.15) is 72.6 Å². The van der Waals surface area contributed by atoms with Crippen molar-refractivity contribution in [2.45, 2.75) is 50.4 Å². The van der Waals surface area contributed by atoms with Crippen molar-refractivity contribution in [1.82, 2.24) is 0 Å². The van der Waals surface area contributed by atoms with Crippen LogP contribution in [0.15, 0.2) is 49.1 Å². The van der Waals surface area contributed by atoms with E-state index in [0.717, 1.165) is 47.0 Å². The van der Waals surface area contributed by atoms with E-state index in [9.17, 15) is 34.5 Å². The predicted molar refractivity (Wildman–Crippen MR) is 171 cm³/mol. The van der Waals surface area contributed by atoms with Crippen LogP contribution < -0.4 is 18.6 Å². The zero-order valence-corrected chi connectivity index (χ0v) is 28.7. The number of ether oxygens (including phenoxy) is 2. The lowest BCUT2D eigenvalue weighted by Gasteiger charge is -2.85. The summed E-state index contributed by atoms with van der Waals surface area (Å²) in [6.07, 6.45) is 12.2. The number of hydrogen-bond acceptors (Lipinski definition) is 2. The highest BCUT2D eigenvalue weighted by atomic mass is 19.5. The number of aromatic nitrogens is 2. The van der Waals surface area contributed by atoms with Gasteiger partial charge in [0.2, 0.25) is 0 Å². The van der Waals surface area contributed by atoms with Crippen LogP contribution in [-0.4, -0.2) is 28.7 Å². The van der Waals surface area contributed by atoms with Crippen LogP contribution in [-0.2, 0) is 14.1 Å². The second kappa shape index (κ2) is 10.6. The molecule has 14 heteroatoms. The van der Waals surface area contributed by atoms with Crippen LogP contribution in [0.2, 0.25) is 0 Å². The number of benzene rings is 1. The lowest BCUT2D eigenvalue weighted by Crippen LogP contribution is -2.80. The van der Waals surface area contributed by atoms with Crippen LogP contribution >= 0.6 is 0 Å². The van der Waals surface area contributed by atoms with Crippen molar-refractivity contribution in [3.8, 4) is 22.6 Å². The molecule has 0 radical (unpaired) electrons. The average Bonchev–Trinajstić information content (AvgIpc) is 3.79. The van der Waals surface area contributed by atoms with E-state index in [1.54, 1.807) is 11.1 Å². The van der Waals surface area contributed by atoms with Gasteiger partial charge in [-0.05, 0) is 94.3 Å². The van der Waals surface area contributed by atoms with Crippen molar-refractivity contribution in [3.63, 3.8) is 0 Å². The van der Waals surface area contributed by atoms with Crippen molar-refractivity contribution in [1.29, 1.82) is 0 Å². The van der Waals surface area contributed by atoms with Crippen molar-refractivity contribution in [2.75, 3.05) is 14.2 Å². The van der Waals surface area contributed by atoms with Gasteiger partial charge in [0.05, 0.1) is 14.2 Å². The van der Waals surface area contributed by atoms with E-state index in [-0.39, 0.29) is 0 Å². The third kappa shape index (κ3) is 4.31. The highest BCUT2D eigenvalue weighted by Crippen LogP contribution is 2.96. The summed E-state index contributed by atoms with van der Waals surface area (Å²) in [7, 11) is -3.88. The monoisotopic (exact) mass is 706 g/mol. The Morgan fingerprint density at radius 1 is 0.600 bits per heavy atom. The summed E-state index contributed by atoms with van der Waals surface area (Å²) in [4.78, 5) is 0. The predicted octanol–water partition coefficient (Wildman–Crippen LogP) is 8.24. The molecule has 4 nitrogen and oxygen atoms in total. The van der Waals surface area contributed by atoms with E-state index < -0.39 is 14.5 Å². The maximum absolute atomic E-state index is 9.75. The molecule has 2 aromatic heterocycles. The van der Waals surface area contributed by atoms with Gasteiger partial charge in [-0.1, -0.05) is 13.8 Å². The van der Waals surface area contributed by atoms with Gasteiger partial charge >= 0.3 is 14.5 Å². The number of rotatable bonds is 2. The molecule has 2 heterocycles. The maximum atomic E-state index is 9.75. The zero-order chi connectivity index (χ0) is 36.0. The Hall–Kier alpha value is -3.31. The fraction of sp³-hybridized carbons (Fsp3) is 0.556. The van der Waals surface area contributed by atoms with Crippen LogP contribution in [0.3, 0.4) is 0 Å². The number of nitrogens with zero attached hydrogens (tertiary/aromatic N) is 2. The summed E-state index contributed by atoms with van der Waals surface area (Å²) >= 11 is 0. The van der Waals surface area contributed by atoms with E-state index in [1.807, 2.05) is 14.2 Å². The Bertz CT molecular complexity index is 1760. The minimum absolute atomic E-state index is 0.427. The van der Waals surface area contributed by atoms with Gasteiger partial charge < -0.3 is 44.0 Å². The molecule has 0 aliphatic heterocycles. The molecule has 5 saturated carbocycles. The fourth-order valence-corrected chi connectivity index (χ4v) is 13.8. The molecule has 10 rings (SSSR count). The molecule has 3 aromatic rings. The van der Waals surface area contributed by atoms with Gasteiger partial charge in [0.15, 0.2) is 24.8 Å². The molecule has 0 saturated heterocycles. The van der Waals surface area contributed by atoms with Crippen molar-refractivity contribution < 1.29 is 53.1 Å². The zero-order valence-electron chi connectivity index (χ0n) is 28.7. The smallest absolute Gasteiger partial charge is 0.496 e. The minimum Gasteiger partial charge on any atom is -0.496 e. The SMILES string of the molecule is COc1ccc(OC)c2c1[C@H]1C[C@@H]2[C@H]2[C@@H]1[C@]1(C)[C@H]3[C@H]4C[C@H]([C@@H]5c6c[n+](C)ccc6-c6cc[n+](C)cc6[C@H]45)[C@H]3[C@]21C.F[B-](F)(F)F.F[B-](F)(F)F.